The average molecular weight is 323 g/mol. The van der Waals surface area contributed by atoms with Crippen molar-refractivity contribution in [1.82, 2.24) is 4.90 Å². The summed E-state index contributed by atoms with van der Waals surface area (Å²) in [5, 5.41) is 0. The van der Waals surface area contributed by atoms with Gasteiger partial charge in [-0.2, -0.15) is 0 Å². The van der Waals surface area contributed by atoms with Gasteiger partial charge in [-0.1, -0.05) is 54.6 Å². The van der Waals surface area contributed by atoms with Gasteiger partial charge in [-0.3, -0.25) is 4.79 Å². The number of carbonyl (C=O) groups is 2. The molecule has 4 nitrogen and oxygen atoms in total. The Morgan fingerprint density at radius 1 is 1.04 bits per heavy atom. The van der Waals surface area contributed by atoms with Gasteiger partial charge in [0.1, 0.15) is 0 Å². The Morgan fingerprint density at radius 3 is 2.38 bits per heavy atom. The van der Waals surface area contributed by atoms with Crippen LogP contribution in [-0.4, -0.2) is 36.5 Å². The fourth-order valence-electron chi connectivity index (χ4n) is 3.22. The maximum absolute atomic E-state index is 12.5. The fraction of sp³-hybridized carbons (Fsp3) is 0.300. The number of hydrogen-bond donors (Lipinski definition) is 0. The predicted molar refractivity (Wildman–Crippen MR) is 93.0 cm³/mol. The van der Waals surface area contributed by atoms with Crippen molar-refractivity contribution in [3.63, 3.8) is 0 Å². The molecule has 2 aromatic carbocycles. The lowest BCUT2D eigenvalue weighted by atomic mass is 9.99. The SMILES string of the molecule is COC(=O)N1CCC[C@H]1CC(=O)c1ccc(-c2ccccc2)cc1. The van der Waals surface area contributed by atoms with Crippen LogP contribution in [0.2, 0.25) is 0 Å². The normalized spacial score (nSPS) is 16.9. The smallest absolute Gasteiger partial charge is 0.409 e. The summed E-state index contributed by atoms with van der Waals surface area (Å²) in [5.74, 6) is 0.0652. The van der Waals surface area contributed by atoms with Gasteiger partial charge in [-0.25, -0.2) is 4.79 Å². The highest BCUT2D eigenvalue weighted by molar-refractivity contribution is 5.97. The molecule has 0 aromatic heterocycles. The Labute approximate surface area is 142 Å². The molecule has 0 radical (unpaired) electrons. The standard InChI is InChI=1S/C20H21NO3/c1-24-20(23)21-13-5-8-18(21)14-19(22)17-11-9-16(10-12-17)15-6-3-2-4-7-15/h2-4,6-7,9-12,18H,5,8,13-14H2,1H3/t18-/m0/s1. The second-order valence-electron chi connectivity index (χ2n) is 6.03. The minimum Gasteiger partial charge on any atom is -0.453 e. The molecule has 1 saturated heterocycles. The highest BCUT2D eigenvalue weighted by Gasteiger charge is 2.31. The van der Waals surface area contributed by atoms with E-state index in [1.807, 2.05) is 54.6 Å². The summed E-state index contributed by atoms with van der Waals surface area (Å²) in [6.07, 6.45) is 1.77. The number of methoxy groups -OCH3 is 1. The maximum Gasteiger partial charge on any atom is 0.409 e. The van der Waals surface area contributed by atoms with Gasteiger partial charge in [0, 0.05) is 24.6 Å². The third-order valence-electron chi connectivity index (χ3n) is 4.52. The summed E-state index contributed by atoms with van der Waals surface area (Å²) in [5.41, 5.74) is 2.90. The first-order valence-electron chi connectivity index (χ1n) is 8.22. The van der Waals surface area contributed by atoms with Crippen molar-refractivity contribution in [2.75, 3.05) is 13.7 Å². The molecule has 1 aliphatic heterocycles. The molecule has 1 fully saturated rings. The van der Waals surface area contributed by atoms with Crippen LogP contribution in [0.5, 0.6) is 0 Å². The Kier molecular flexibility index (Phi) is 4.94. The van der Waals surface area contributed by atoms with Gasteiger partial charge >= 0.3 is 6.09 Å². The van der Waals surface area contributed by atoms with Crippen molar-refractivity contribution in [3.05, 3.63) is 60.2 Å². The number of rotatable bonds is 4. The van der Waals surface area contributed by atoms with Crippen molar-refractivity contribution in [1.29, 1.82) is 0 Å². The lowest BCUT2D eigenvalue weighted by molar-refractivity contribution is 0.0914. The van der Waals surface area contributed by atoms with Gasteiger partial charge < -0.3 is 9.64 Å². The van der Waals surface area contributed by atoms with E-state index in [1.54, 1.807) is 4.90 Å². The van der Waals surface area contributed by atoms with Gasteiger partial charge in [0.25, 0.3) is 0 Å². The van der Waals surface area contributed by atoms with Crippen LogP contribution in [0.4, 0.5) is 4.79 Å². The van der Waals surface area contributed by atoms with E-state index in [-0.39, 0.29) is 17.9 Å². The number of carbonyl (C=O) groups excluding carboxylic acids is 2. The second kappa shape index (κ2) is 7.30. The molecule has 124 valence electrons. The highest BCUT2D eigenvalue weighted by Crippen LogP contribution is 2.24. The van der Waals surface area contributed by atoms with E-state index in [0.717, 1.165) is 24.0 Å². The molecule has 0 saturated carbocycles. The molecule has 0 N–H and O–H groups in total. The number of Topliss-reactive ketones (excluding diaryl/α,β-unsaturated/α-hetero) is 1. The van der Waals surface area contributed by atoms with E-state index in [4.69, 9.17) is 4.74 Å². The zero-order chi connectivity index (χ0) is 16.9. The quantitative estimate of drug-likeness (QED) is 0.794. The molecule has 1 heterocycles. The summed E-state index contributed by atoms with van der Waals surface area (Å²) in [7, 11) is 1.38. The van der Waals surface area contributed by atoms with Crippen molar-refractivity contribution < 1.29 is 14.3 Å². The number of ether oxygens (including phenoxy) is 1. The Hall–Kier alpha value is -2.62. The molecule has 3 rings (SSSR count). The predicted octanol–water partition coefficient (Wildman–Crippen LogP) is 4.16. The Balaban J connectivity index is 1.68. The third-order valence-corrected chi connectivity index (χ3v) is 4.52. The molecule has 1 aliphatic rings. The summed E-state index contributed by atoms with van der Waals surface area (Å²) in [6, 6.07) is 17.7. The van der Waals surface area contributed by atoms with Crippen LogP contribution < -0.4 is 0 Å². The number of amides is 1. The van der Waals surface area contributed by atoms with Crippen molar-refractivity contribution in [3.8, 4) is 11.1 Å². The highest BCUT2D eigenvalue weighted by atomic mass is 16.5. The van der Waals surface area contributed by atoms with Crippen LogP contribution in [0.25, 0.3) is 11.1 Å². The van der Waals surface area contributed by atoms with Crippen LogP contribution in [0.1, 0.15) is 29.6 Å². The molecule has 4 heteroatoms. The average Bonchev–Trinajstić information content (AvgIpc) is 3.10. The first-order valence-corrected chi connectivity index (χ1v) is 8.22. The summed E-state index contributed by atoms with van der Waals surface area (Å²) in [4.78, 5) is 25.9. The number of nitrogens with zero attached hydrogens (tertiary/aromatic N) is 1. The minimum absolute atomic E-state index is 0.0567. The molecule has 0 spiro atoms. The van der Waals surface area contributed by atoms with E-state index < -0.39 is 0 Å². The van der Waals surface area contributed by atoms with Crippen LogP contribution in [-0.2, 0) is 4.74 Å². The molecular formula is C20H21NO3. The fourth-order valence-corrected chi connectivity index (χ4v) is 3.22. The van der Waals surface area contributed by atoms with E-state index in [2.05, 4.69) is 0 Å². The zero-order valence-corrected chi connectivity index (χ0v) is 13.8. The molecule has 24 heavy (non-hydrogen) atoms. The van der Waals surface area contributed by atoms with Gasteiger partial charge in [-0.15, -0.1) is 0 Å². The van der Waals surface area contributed by atoms with E-state index >= 15 is 0 Å². The number of hydrogen-bond acceptors (Lipinski definition) is 3. The van der Waals surface area contributed by atoms with E-state index in [0.29, 0.717) is 18.5 Å². The first kappa shape index (κ1) is 16.2. The zero-order valence-electron chi connectivity index (χ0n) is 13.8. The monoisotopic (exact) mass is 323 g/mol. The Morgan fingerprint density at radius 2 is 1.71 bits per heavy atom. The Bertz CT molecular complexity index is 709. The van der Waals surface area contributed by atoms with Crippen LogP contribution in [0.3, 0.4) is 0 Å². The second-order valence-corrected chi connectivity index (χ2v) is 6.03. The summed E-state index contributed by atoms with van der Waals surface area (Å²) >= 11 is 0. The van der Waals surface area contributed by atoms with Crippen molar-refractivity contribution in [2.24, 2.45) is 0 Å². The van der Waals surface area contributed by atoms with Gasteiger partial charge in [0.05, 0.1) is 7.11 Å². The molecule has 0 aliphatic carbocycles. The third kappa shape index (κ3) is 3.48. The molecule has 2 aromatic rings. The summed E-state index contributed by atoms with van der Waals surface area (Å²) < 4.78 is 4.79. The van der Waals surface area contributed by atoms with Gasteiger partial charge in [0.15, 0.2) is 5.78 Å². The number of likely N-dealkylation sites (tertiary alicyclic amines) is 1. The van der Waals surface area contributed by atoms with Crippen molar-refractivity contribution in [2.45, 2.75) is 25.3 Å². The van der Waals surface area contributed by atoms with Gasteiger partial charge in [0.2, 0.25) is 0 Å². The number of benzene rings is 2. The largest absolute Gasteiger partial charge is 0.453 e. The number of ketones is 1. The maximum atomic E-state index is 12.5. The van der Waals surface area contributed by atoms with Crippen LogP contribution >= 0.6 is 0 Å². The lowest BCUT2D eigenvalue weighted by Crippen LogP contribution is -2.36. The molecule has 1 atom stereocenters. The van der Waals surface area contributed by atoms with Crippen LogP contribution in [0, 0.1) is 0 Å². The van der Waals surface area contributed by atoms with Crippen molar-refractivity contribution >= 4 is 11.9 Å². The van der Waals surface area contributed by atoms with E-state index in [1.165, 1.54) is 7.11 Å². The van der Waals surface area contributed by atoms with Crippen LogP contribution in [0.15, 0.2) is 54.6 Å². The lowest BCUT2D eigenvalue weighted by Gasteiger charge is -2.22. The summed E-state index contributed by atoms with van der Waals surface area (Å²) in [6.45, 7) is 0.664. The molecule has 1 amide bonds. The van der Waals surface area contributed by atoms with Gasteiger partial charge in [-0.05, 0) is 24.0 Å². The first-order chi connectivity index (χ1) is 11.7. The molecular weight excluding hydrogens is 302 g/mol. The molecule has 0 bridgehead atoms. The van der Waals surface area contributed by atoms with E-state index in [9.17, 15) is 9.59 Å². The molecule has 0 unspecified atom stereocenters. The minimum atomic E-state index is -0.343. The topological polar surface area (TPSA) is 46.6 Å².